The van der Waals surface area contributed by atoms with E-state index in [0.29, 0.717) is 18.0 Å². The number of ether oxygens (including phenoxy) is 2. The minimum atomic E-state index is -0.256. The molecule has 0 saturated carbocycles. The van der Waals surface area contributed by atoms with Crippen molar-refractivity contribution in [1.29, 1.82) is 0 Å². The molecule has 0 radical (unpaired) electrons. The maximum absolute atomic E-state index is 13.4. The Balaban J connectivity index is 1.42. The number of nitrogens with one attached hydrogen (secondary N) is 1. The van der Waals surface area contributed by atoms with Gasteiger partial charge in [-0.2, -0.15) is 0 Å². The first-order valence-electron chi connectivity index (χ1n) is 11.0. The number of carbonyl (C=O) groups excluding carboxylic acids is 1. The minimum absolute atomic E-state index is 0.0515. The number of carbonyl (C=O) groups is 1. The Hall–Kier alpha value is -4.19. The van der Waals surface area contributed by atoms with Crippen molar-refractivity contribution in [1.82, 2.24) is 9.88 Å². The lowest BCUT2D eigenvalue weighted by Crippen LogP contribution is -2.39. The van der Waals surface area contributed by atoms with E-state index in [4.69, 9.17) is 15.2 Å². The van der Waals surface area contributed by atoms with E-state index >= 15 is 0 Å². The third kappa shape index (κ3) is 3.40. The molecule has 1 atom stereocenters. The first kappa shape index (κ1) is 19.5. The molecule has 6 heteroatoms. The van der Waals surface area contributed by atoms with E-state index in [2.05, 4.69) is 23.2 Å². The van der Waals surface area contributed by atoms with E-state index in [9.17, 15) is 4.79 Å². The molecule has 1 unspecified atom stereocenters. The first-order chi connectivity index (χ1) is 16.2. The highest BCUT2D eigenvalue weighted by Gasteiger charge is 2.34. The first-order valence-corrected chi connectivity index (χ1v) is 11.0. The van der Waals surface area contributed by atoms with E-state index in [1.54, 1.807) is 6.08 Å². The number of aromatic nitrogens is 1. The largest absolute Gasteiger partial charge is 0.454 e. The van der Waals surface area contributed by atoms with Crippen LogP contribution in [0.5, 0.6) is 11.5 Å². The Morgan fingerprint density at radius 2 is 1.91 bits per heavy atom. The standard InChI is InChI=1S/C27H23N3O3/c28-19-5-3-4-17(14-19)8-11-25(31)30-13-12-21-20-6-1-2-7-22(20)29-26(21)27(30)18-9-10-23-24(15-18)33-16-32-23/h1-11,14-15,27,29H,12-13,16,28H2/b11-8+. The van der Waals surface area contributed by atoms with Crippen LogP contribution in [-0.4, -0.2) is 29.1 Å². The fourth-order valence-corrected chi connectivity index (χ4v) is 4.83. The van der Waals surface area contributed by atoms with Crippen molar-refractivity contribution in [2.24, 2.45) is 0 Å². The van der Waals surface area contributed by atoms with Gasteiger partial charge in [-0.25, -0.2) is 0 Å². The molecule has 6 rings (SSSR count). The number of benzene rings is 3. The summed E-state index contributed by atoms with van der Waals surface area (Å²) in [6.07, 6.45) is 4.23. The normalized spacial score (nSPS) is 17.0. The lowest BCUT2D eigenvalue weighted by atomic mass is 9.92. The fourth-order valence-electron chi connectivity index (χ4n) is 4.83. The molecule has 6 nitrogen and oxygen atoms in total. The average Bonchev–Trinajstić information content (AvgIpc) is 3.46. The van der Waals surface area contributed by atoms with Crippen LogP contribution < -0.4 is 15.2 Å². The van der Waals surface area contributed by atoms with Gasteiger partial charge in [-0.1, -0.05) is 36.4 Å². The van der Waals surface area contributed by atoms with Gasteiger partial charge in [0.2, 0.25) is 12.7 Å². The molecule has 164 valence electrons. The maximum Gasteiger partial charge on any atom is 0.247 e. The molecular formula is C27H23N3O3. The molecule has 0 fully saturated rings. The Morgan fingerprint density at radius 3 is 2.82 bits per heavy atom. The fraction of sp³-hybridized carbons (Fsp3) is 0.148. The summed E-state index contributed by atoms with van der Waals surface area (Å²) >= 11 is 0. The molecule has 2 aliphatic rings. The van der Waals surface area contributed by atoms with Crippen molar-refractivity contribution < 1.29 is 14.3 Å². The third-order valence-corrected chi connectivity index (χ3v) is 6.36. The summed E-state index contributed by atoms with van der Waals surface area (Å²) in [5.41, 5.74) is 11.8. The summed E-state index contributed by atoms with van der Waals surface area (Å²) in [4.78, 5) is 18.9. The number of rotatable bonds is 3. The summed E-state index contributed by atoms with van der Waals surface area (Å²) < 4.78 is 11.1. The highest BCUT2D eigenvalue weighted by molar-refractivity contribution is 5.93. The topological polar surface area (TPSA) is 80.6 Å². The maximum atomic E-state index is 13.4. The zero-order chi connectivity index (χ0) is 22.4. The van der Waals surface area contributed by atoms with Gasteiger partial charge in [0.15, 0.2) is 11.5 Å². The summed E-state index contributed by atoms with van der Waals surface area (Å²) in [6.45, 7) is 0.834. The molecule has 0 aliphatic carbocycles. The van der Waals surface area contributed by atoms with E-state index < -0.39 is 0 Å². The van der Waals surface area contributed by atoms with Crippen LogP contribution in [0, 0.1) is 0 Å². The SMILES string of the molecule is Nc1cccc(/C=C/C(=O)N2CCc3c([nH]c4ccccc34)C2c2ccc3c(c2)OCO3)c1. The van der Waals surface area contributed by atoms with Gasteiger partial charge >= 0.3 is 0 Å². The number of hydrogen-bond donors (Lipinski definition) is 2. The number of hydrogen-bond acceptors (Lipinski definition) is 4. The lowest BCUT2D eigenvalue weighted by molar-refractivity contribution is -0.128. The summed E-state index contributed by atoms with van der Waals surface area (Å²) in [6, 6.07) is 21.4. The summed E-state index contributed by atoms with van der Waals surface area (Å²) in [7, 11) is 0. The van der Waals surface area contributed by atoms with Gasteiger partial charge in [0.1, 0.15) is 0 Å². The second kappa shape index (κ2) is 7.74. The number of fused-ring (bicyclic) bond motifs is 4. The quantitative estimate of drug-likeness (QED) is 0.361. The molecule has 0 bridgehead atoms. The Labute approximate surface area is 191 Å². The number of aromatic amines is 1. The molecule has 3 aromatic carbocycles. The van der Waals surface area contributed by atoms with Crippen LogP contribution >= 0.6 is 0 Å². The molecular weight excluding hydrogens is 414 g/mol. The molecule has 2 aliphatic heterocycles. The highest BCUT2D eigenvalue weighted by Crippen LogP contribution is 2.42. The molecule has 0 spiro atoms. The van der Waals surface area contributed by atoms with E-state index in [1.807, 2.05) is 59.5 Å². The predicted molar refractivity (Wildman–Crippen MR) is 128 cm³/mol. The van der Waals surface area contributed by atoms with Gasteiger partial charge in [-0.05, 0) is 59.5 Å². The molecule has 1 aromatic heterocycles. The van der Waals surface area contributed by atoms with Crippen molar-refractivity contribution in [2.45, 2.75) is 12.5 Å². The Kier molecular flexibility index (Phi) is 4.57. The molecule has 33 heavy (non-hydrogen) atoms. The number of anilines is 1. The van der Waals surface area contributed by atoms with Crippen LogP contribution in [0.3, 0.4) is 0 Å². The zero-order valence-electron chi connectivity index (χ0n) is 18.0. The van der Waals surface area contributed by atoms with Crippen LogP contribution in [0.1, 0.15) is 28.4 Å². The van der Waals surface area contributed by atoms with Crippen molar-refractivity contribution in [2.75, 3.05) is 19.1 Å². The van der Waals surface area contributed by atoms with Crippen molar-refractivity contribution in [3.8, 4) is 11.5 Å². The monoisotopic (exact) mass is 437 g/mol. The van der Waals surface area contributed by atoms with E-state index in [0.717, 1.165) is 34.5 Å². The average molecular weight is 437 g/mol. The van der Waals surface area contributed by atoms with Gasteiger partial charge in [0, 0.05) is 34.9 Å². The lowest BCUT2D eigenvalue weighted by Gasteiger charge is -2.35. The smallest absolute Gasteiger partial charge is 0.247 e. The van der Waals surface area contributed by atoms with Gasteiger partial charge in [-0.3, -0.25) is 4.79 Å². The second-order valence-corrected chi connectivity index (χ2v) is 8.36. The van der Waals surface area contributed by atoms with Crippen LogP contribution in [-0.2, 0) is 11.2 Å². The highest BCUT2D eigenvalue weighted by atomic mass is 16.7. The van der Waals surface area contributed by atoms with Crippen molar-refractivity contribution in [3.05, 3.63) is 95.2 Å². The van der Waals surface area contributed by atoms with Crippen LogP contribution in [0.25, 0.3) is 17.0 Å². The number of nitrogens with two attached hydrogens (primary N) is 1. The van der Waals surface area contributed by atoms with E-state index in [1.165, 1.54) is 10.9 Å². The molecule has 1 amide bonds. The predicted octanol–water partition coefficient (Wildman–Crippen LogP) is 4.67. The molecule has 4 aromatic rings. The van der Waals surface area contributed by atoms with E-state index in [-0.39, 0.29) is 18.7 Å². The summed E-state index contributed by atoms with van der Waals surface area (Å²) in [5, 5.41) is 1.21. The van der Waals surface area contributed by atoms with Gasteiger partial charge in [0.25, 0.3) is 0 Å². The van der Waals surface area contributed by atoms with Crippen LogP contribution in [0.2, 0.25) is 0 Å². The van der Waals surface area contributed by atoms with Crippen molar-refractivity contribution in [3.63, 3.8) is 0 Å². The van der Waals surface area contributed by atoms with Crippen LogP contribution in [0.4, 0.5) is 5.69 Å². The molecule has 0 saturated heterocycles. The zero-order valence-corrected chi connectivity index (χ0v) is 18.0. The minimum Gasteiger partial charge on any atom is -0.454 e. The van der Waals surface area contributed by atoms with Crippen molar-refractivity contribution >= 4 is 28.6 Å². The van der Waals surface area contributed by atoms with Gasteiger partial charge in [-0.15, -0.1) is 0 Å². The number of amides is 1. The van der Waals surface area contributed by atoms with Gasteiger partial charge < -0.3 is 25.1 Å². The second-order valence-electron chi connectivity index (χ2n) is 8.36. The Morgan fingerprint density at radius 1 is 1.03 bits per heavy atom. The molecule has 3 heterocycles. The number of H-pyrrole nitrogens is 1. The molecule has 3 N–H and O–H groups in total. The number of para-hydroxylation sites is 1. The van der Waals surface area contributed by atoms with Crippen LogP contribution in [0.15, 0.2) is 72.8 Å². The number of nitrogens with zero attached hydrogens (tertiary/aromatic N) is 1. The Bertz CT molecular complexity index is 1410. The van der Waals surface area contributed by atoms with Gasteiger partial charge in [0.05, 0.1) is 6.04 Å². The number of nitrogen functional groups attached to an aromatic ring is 1. The summed E-state index contributed by atoms with van der Waals surface area (Å²) in [5.74, 6) is 1.38. The third-order valence-electron chi connectivity index (χ3n) is 6.36.